The molecule has 0 radical (unpaired) electrons. The Kier molecular flexibility index (Phi) is 4.56. The summed E-state index contributed by atoms with van der Waals surface area (Å²) in [6.07, 6.45) is 3.97. The Balaban J connectivity index is 2.35. The maximum Gasteiger partial charge on any atom is 0.0789 e. The number of nitrogens with one attached hydrogen (secondary N) is 1. The molecule has 2 nitrogen and oxygen atoms in total. The summed E-state index contributed by atoms with van der Waals surface area (Å²) in [5.41, 5.74) is 3.35. The van der Waals surface area contributed by atoms with E-state index in [1.54, 1.807) is 6.20 Å². The number of nitrogens with zero attached hydrogens (tertiary/aromatic N) is 1. The first kappa shape index (κ1) is 14.0. The van der Waals surface area contributed by atoms with Crippen molar-refractivity contribution in [3.8, 4) is 0 Å². The van der Waals surface area contributed by atoms with E-state index in [-0.39, 0.29) is 0 Å². The summed E-state index contributed by atoms with van der Waals surface area (Å²) < 4.78 is 0. The molecule has 0 aliphatic heterocycles. The van der Waals surface area contributed by atoms with Crippen molar-refractivity contribution in [1.82, 2.24) is 10.3 Å². The first-order valence-electron chi connectivity index (χ1n) is 6.51. The molecule has 1 aromatic heterocycles. The lowest BCUT2D eigenvalue weighted by molar-refractivity contribution is 0.623. The number of aromatic nitrogens is 1. The van der Waals surface area contributed by atoms with Gasteiger partial charge in [0.25, 0.3) is 0 Å². The molecular formula is C16H19ClN2. The molecule has 0 amide bonds. The van der Waals surface area contributed by atoms with Crippen molar-refractivity contribution in [2.45, 2.75) is 26.8 Å². The predicted octanol–water partition coefficient (Wildman–Crippen LogP) is 4.29. The highest BCUT2D eigenvalue weighted by Gasteiger charge is 2.04. The van der Waals surface area contributed by atoms with Crippen molar-refractivity contribution in [2.24, 2.45) is 0 Å². The van der Waals surface area contributed by atoms with Crippen molar-refractivity contribution in [3.63, 3.8) is 0 Å². The summed E-state index contributed by atoms with van der Waals surface area (Å²) in [5, 5.41) is 5.16. The molecule has 0 aliphatic rings. The van der Waals surface area contributed by atoms with Gasteiger partial charge < -0.3 is 5.32 Å². The molecule has 19 heavy (non-hydrogen) atoms. The number of pyridine rings is 1. The lowest BCUT2D eigenvalue weighted by atomic mass is 10.1. The van der Waals surface area contributed by atoms with Crippen molar-refractivity contribution in [2.75, 3.05) is 6.54 Å². The molecule has 0 unspecified atom stereocenters. The average molecular weight is 275 g/mol. The van der Waals surface area contributed by atoms with Gasteiger partial charge in [-0.3, -0.25) is 4.98 Å². The second kappa shape index (κ2) is 6.18. The Morgan fingerprint density at radius 3 is 2.89 bits per heavy atom. The lowest BCUT2D eigenvalue weighted by Gasteiger charge is -2.09. The molecule has 0 saturated carbocycles. The van der Waals surface area contributed by atoms with Gasteiger partial charge in [-0.2, -0.15) is 0 Å². The summed E-state index contributed by atoms with van der Waals surface area (Å²) in [6.45, 7) is 7.30. The van der Waals surface area contributed by atoms with Crippen LogP contribution in [0.4, 0.5) is 0 Å². The van der Waals surface area contributed by atoms with Crippen LogP contribution in [0.1, 0.15) is 26.3 Å². The van der Waals surface area contributed by atoms with Crippen LogP contribution in [0.15, 0.2) is 36.0 Å². The van der Waals surface area contributed by atoms with Crippen LogP contribution in [-0.4, -0.2) is 17.6 Å². The second-order valence-electron chi connectivity index (χ2n) is 5.06. The fraction of sp³-hybridized carbons (Fsp3) is 0.312. The zero-order valence-corrected chi connectivity index (χ0v) is 12.3. The first-order chi connectivity index (χ1) is 9.08. The molecular weight excluding hydrogens is 256 g/mol. The third-order valence-corrected chi connectivity index (χ3v) is 3.27. The predicted molar refractivity (Wildman–Crippen MR) is 83.5 cm³/mol. The number of hydrogen-bond donors (Lipinski definition) is 1. The quantitative estimate of drug-likeness (QED) is 0.900. The highest BCUT2D eigenvalue weighted by molar-refractivity contribution is 6.35. The van der Waals surface area contributed by atoms with E-state index < -0.39 is 0 Å². The summed E-state index contributed by atoms with van der Waals surface area (Å²) in [4.78, 5) is 4.44. The maximum absolute atomic E-state index is 6.20. The SMILES string of the molecule is C/C(=C\c1ccc(Cl)c2cccnc12)CNC(C)C. The van der Waals surface area contributed by atoms with E-state index in [9.17, 15) is 0 Å². The van der Waals surface area contributed by atoms with Gasteiger partial charge in [-0.05, 0) is 25.1 Å². The molecule has 0 fully saturated rings. The Bertz CT molecular complexity index is 603. The van der Waals surface area contributed by atoms with Gasteiger partial charge in [0, 0.05) is 29.7 Å². The molecule has 1 aromatic carbocycles. The molecule has 0 spiro atoms. The highest BCUT2D eigenvalue weighted by atomic mass is 35.5. The molecule has 3 heteroatoms. The van der Waals surface area contributed by atoms with E-state index in [0.717, 1.165) is 28.0 Å². The molecule has 2 aromatic rings. The van der Waals surface area contributed by atoms with E-state index in [4.69, 9.17) is 11.6 Å². The maximum atomic E-state index is 6.20. The zero-order chi connectivity index (χ0) is 13.8. The third-order valence-electron chi connectivity index (χ3n) is 2.94. The van der Waals surface area contributed by atoms with E-state index in [0.29, 0.717) is 6.04 Å². The number of fused-ring (bicyclic) bond motifs is 1. The van der Waals surface area contributed by atoms with Crippen LogP contribution in [-0.2, 0) is 0 Å². The molecule has 2 rings (SSSR count). The average Bonchev–Trinajstić information content (AvgIpc) is 2.40. The van der Waals surface area contributed by atoms with Crippen molar-refractivity contribution in [3.05, 3.63) is 46.6 Å². The summed E-state index contributed by atoms with van der Waals surface area (Å²) >= 11 is 6.20. The Labute approximate surface area is 119 Å². The fourth-order valence-electron chi connectivity index (χ4n) is 1.96. The van der Waals surface area contributed by atoms with Gasteiger partial charge in [0.05, 0.1) is 10.5 Å². The van der Waals surface area contributed by atoms with E-state index in [1.807, 2.05) is 24.3 Å². The molecule has 0 bridgehead atoms. The molecule has 1 N–H and O–H groups in total. The monoisotopic (exact) mass is 274 g/mol. The number of hydrogen-bond acceptors (Lipinski definition) is 2. The fourth-order valence-corrected chi connectivity index (χ4v) is 2.17. The summed E-state index contributed by atoms with van der Waals surface area (Å²) in [7, 11) is 0. The molecule has 1 heterocycles. The van der Waals surface area contributed by atoms with Gasteiger partial charge in [0.2, 0.25) is 0 Å². The van der Waals surface area contributed by atoms with Crippen LogP contribution >= 0.6 is 11.6 Å². The molecule has 0 aliphatic carbocycles. The zero-order valence-electron chi connectivity index (χ0n) is 11.6. The van der Waals surface area contributed by atoms with Crippen LogP contribution in [0.2, 0.25) is 5.02 Å². The highest BCUT2D eigenvalue weighted by Crippen LogP contribution is 2.26. The topological polar surface area (TPSA) is 24.9 Å². The van der Waals surface area contributed by atoms with Crippen LogP contribution in [0.3, 0.4) is 0 Å². The number of rotatable bonds is 4. The van der Waals surface area contributed by atoms with Crippen molar-refractivity contribution >= 4 is 28.6 Å². The Morgan fingerprint density at radius 1 is 1.37 bits per heavy atom. The summed E-state index contributed by atoms with van der Waals surface area (Å²) in [5.74, 6) is 0. The molecule has 0 atom stereocenters. The normalized spacial score (nSPS) is 12.4. The van der Waals surface area contributed by atoms with Gasteiger partial charge in [0.1, 0.15) is 0 Å². The minimum absolute atomic E-state index is 0.489. The van der Waals surface area contributed by atoms with E-state index in [1.165, 1.54) is 5.57 Å². The number of halogens is 1. The van der Waals surface area contributed by atoms with Crippen molar-refractivity contribution < 1.29 is 0 Å². The smallest absolute Gasteiger partial charge is 0.0789 e. The second-order valence-corrected chi connectivity index (χ2v) is 5.47. The van der Waals surface area contributed by atoms with Gasteiger partial charge in [-0.1, -0.05) is 43.2 Å². The Morgan fingerprint density at radius 2 is 2.16 bits per heavy atom. The molecule has 100 valence electrons. The third kappa shape index (κ3) is 3.55. The minimum atomic E-state index is 0.489. The van der Waals surface area contributed by atoms with E-state index >= 15 is 0 Å². The summed E-state index contributed by atoms with van der Waals surface area (Å²) in [6, 6.07) is 8.36. The van der Waals surface area contributed by atoms with E-state index in [2.05, 4.69) is 37.1 Å². The van der Waals surface area contributed by atoms with Crippen LogP contribution in [0.5, 0.6) is 0 Å². The largest absolute Gasteiger partial charge is 0.311 e. The van der Waals surface area contributed by atoms with Gasteiger partial charge in [0.15, 0.2) is 0 Å². The van der Waals surface area contributed by atoms with Crippen molar-refractivity contribution in [1.29, 1.82) is 0 Å². The lowest BCUT2D eigenvalue weighted by Crippen LogP contribution is -2.24. The minimum Gasteiger partial charge on any atom is -0.311 e. The van der Waals surface area contributed by atoms with Crippen LogP contribution in [0.25, 0.3) is 17.0 Å². The standard InChI is InChI=1S/C16H19ClN2/c1-11(2)19-10-12(3)9-13-6-7-15(17)14-5-4-8-18-16(13)14/h4-9,11,19H,10H2,1-3H3/b12-9+. The Hall–Kier alpha value is -1.38. The van der Waals surface area contributed by atoms with Gasteiger partial charge >= 0.3 is 0 Å². The first-order valence-corrected chi connectivity index (χ1v) is 6.89. The van der Waals surface area contributed by atoms with Crippen LogP contribution in [0, 0.1) is 0 Å². The number of benzene rings is 1. The van der Waals surface area contributed by atoms with Gasteiger partial charge in [-0.15, -0.1) is 0 Å². The van der Waals surface area contributed by atoms with Gasteiger partial charge in [-0.25, -0.2) is 0 Å². The molecule has 0 saturated heterocycles. The van der Waals surface area contributed by atoms with Crippen LogP contribution < -0.4 is 5.32 Å².